The standard InChI is InChI=1S/C18H26FN3O2/c19-16-6-4-15(5-7-16)17(23)14-20-10-12-22(13-11-20)18(24)21-8-2-1-3-9-21/h4-7,17,23H,1-3,8-14H2/t17-/m0/s1. The van der Waals surface area contributed by atoms with Gasteiger partial charge in [-0.1, -0.05) is 12.1 Å². The Balaban J connectivity index is 1.46. The third-order valence-corrected chi connectivity index (χ3v) is 4.96. The predicted octanol–water partition coefficient (Wildman–Crippen LogP) is 2.08. The number of urea groups is 1. The highest BCUT2D eigenvalue weighted by Gasteiger charge is 2.26. The molecule has 1 N–H and O–H groups in total. The number of carbonyl (C=O) groups is 1. The summed E-state index contributed by atoms with van der Waals surface area (Å²) in [5, 5.41) is 10.3. The normalized spacial score (nSPS) is 20.9. The average Bonchev–Trinajstić information content (AvgIpc) is 2.63. The number of aliphatic hydroxyl groups is 1. The molecule has 6 heteroatoms. The van der Waals surface area contributed by atoms with Crippen LogP contribution in [0.2, 0.25) is 0 Å². The second-order valence-electron chi connectivity index (χ2n) is 6.69. The van der Waals surface area contributed by atoms with Crippen LogP contribution in [0.15, 0.2) is 24.3 Å². The molecule has 1 aromatic carbocycles. The number of hydrogen-bond donors (Lipinski definition) is 1. The number of carbonyl (C=O) groups excluding carboxylic acids is 1. The lowest BCUT2D eigenvalue weighted by atomic mass is 10.1. The first kappa shape index (κ1) is 17.2. The molecule has 0 saturated carbocycles. The summed E-state index contributed by atoms with van der Waals surface area (Å²) >= 11 is 0. The zero-order chi connectivity index (χ0) is 16.9. The minimum atomic E-state index is -0.630. The Kier molecular flexibility index (Phi) is 5.68. The molecular formula is C18H26FN3O2. The molecule has 5 nitrogen and oxygen atoms in total. The van der Waals surface area contributed by atoms with Crippen LogP contribution in [0, 0.1) is 5.82 Å². The van der Waals surface area contributed by atoms with E-state index in [4.69, 9.17) is 0 Å². The van der Waals surface area contributed by atoms with Gasteiger partial charge in [0.05, 0.1) is 6.10 Å². The van der Waals surface area contributed by atoms with Crippen molar-refractivity contribution < 1.29 is 14.3 Å². The number of aliphatic hydroxyl groups excluding tert-OH is 1. The Hall–Kier alpha value is -1.66. The first-order valence-electron chi connectivity index (χ1n) is 8.83. The number of nitrogens with zero attached hydrogens (tertiary/aromatic N) is 3. The molecule has 24 heavy (non-hydrogen) atoms. The van der Waals surface area contributed by atoms with Crippen molar-refractivity contribution in [3.8, 4) is 0 Å². The Bertz CT molecular complexity index is 538. The van der Waals surface area contributed by atoms with E-state index >= 15 is 0 Å². The van der Waals surface area contributed by atoms with Gasteiger partial charge in [0.2, 0.25) is 0 Å². The Morgan fingerprint density at radius 2 is 1.54 bits per heavy atom. The number of halogens is 1. The van der Waals surface area contributed by atoms with Crippen LogP contribution in [0.1, 0.15) is 30.9 Å². The molecule has 1 atom stereocenters. The van der Waals surface area contributed by atoms with Crippen LogP contribution in [-0.4, -0.2) is 71.7 Å². The smallest absolute Gasteiger partial charge is 0.320 e. The van der Waals surface area contributed by atoms with Crippen LogP contribution < -0.4 is 0 Å². The van der Waals surface area contributed by atoms with Crippen LogP contribution >= 0.6 is 0 Å². The van der Waals surface area contributed by atoms with E-state index in [0.29, 0.717) is 19.6 Å². The molecule has 2 fully saturated rings. The SMILES string of the molecule is O=C(N1CCCCC1)N1CCN(C[C@H](O)c2ccc(F)cc2)CC1. The first-order valence-corrected chi connectivity index (χ1v) is 8.83. The second-order valence-corrected chi connectivity index (χ2v) is 6.69. The highest BCUT2D eigenvalue weighted by atomic mass is 19.1. The second kappa shape index (κ2) is 7.94. The van der Waals surface area contributed by atoms with Gasteiger partial charge in [-0.3, -0.25) is 4.90 Å². The number of piperidine rings is 1. The van der Waals surface area contributed by atoms with E-state index in [1.807, 2.05) is 9.80 Å². The van der Waals surface area contributed by atoms with Gasteiger partial charge in [-0.25, -0.2) is 9.18 Å². The Morgan fingerprint density at radius 1 is 0.958 bits per heavy atom. The number of piperazine rings is 1. The zero-order valence-electron chi connectivity index (χ0n) is 14.0. The largest absolute Gasteiger partial charge is 0.387 e. The zero-order valence-corrected chi connectivity index (χ0v) is 14.0. The number of hydrogen-bond acceptors (Lipinski definition) is 3. The van der Waals surface area contributed by atoms with Gasteiger partial charge in [-0.05, 0) is 37.0 Å². The van der Waals surface area contributed by atoms with E-state index in [1.54, 1.807) is 12.1 Å². The van der Waals surface area contributed by atoms with Crippen molar-refractivity contribution in [2.45, 2.75) is 25.4 Å². The molecule has 2 aliphatic heterocycles. The summed E-state index contributed by atoms with van der Waals surface area (Å²) in [5.41, 5.74) is 0.725. The third kappa shape index (κ3) is 4.24. The van der Waals surface area contributed by atoms with E-state index in [0.717, 1.165) is 44.6 Å². The minimum absolute atomic E-state index is 0.161. The van der Waals surface area contributed by atoms with E-state index < -0.39 is 6.10 Å². The number of rotatable bonds is 3. The lowest BCUT2D eigenvalue weighted by Gasteiger charge is -2.39. The molecule has 2 saturated heterocycles. The molecule has 0 spiro atoms. The van der Waals surface area contributed by atoms with Crippen LogP contribution in [0.4, 0.5) is 9.18 Å². The van der Waals surface area contributed by atoms with Crippen molar-refractivity contribution in [3.05, 3.63) is 35.6 Å². The van der Waals surface area contributed by atoms with Crippen molar-refractivity contribution in [1.82, 2.24) is 14.7 Å². The minimum Gasteiger partial charge on any atom is -0.387 e. The summed E-state index contributed by atoms with van der Waals surface area (Å²) < 4.78 is 12.9. The monoisotopic (exact) mass is 335 g/mol. The van der Waals surface area contributed by atoms with Crippen LogP contribution in [0.5, 0.6) is 0 Å². The number of likely N-dealkylation sites (tertiary alicyclic amines) is 1. The quantitative estimate of drug-likeness (QED) is 0.920. The summed E-state index contributed by atoms with van der Waals surface area (Å²) in [6.07, 6.45) is 2.80. The van der Waals surface area contributed by atoms with Gasteiger partial charge in [-0.2, -0.15) is 0 Å². The van der Waals surface area contributed by atoms with Gasteiger partial charge < -0.3 is 14.9 Å². The van der Waals surface area contributed by atoms with Gasteiger partial charge in [0.15, 0.2) is 0 Å². The molecule has 1 aromatic rings. The van der Waals surface area contributed by atoms with Crippen LogP contribution in [-0.2, 0) is 0 Å². The maximum atomic E-state index is 12.9. The molecular weight excluding hydrogens is 309 g/mol. The fourth-order valence-electron chi connectivity index (χ4n) is 3.44. The molecule has 2 aliphatic rings. The Morgan fingerprint density at radius 3 is 2.17 bits per heavy atom. The Labute approximate surface area is 142 Å². The summed E-state index contributed by atoms with van der Waals surface area (Å²) in [4.78, 5) is 18.5. The summed E-state index contributed by atoms with van der Waals surface area (Å²) in [6.45, 7) is 5.19. The molecule has 0 radical (unpaired) electrons. The summed E-state index contributed by atoms with van der Waals surface area (Å²) in [6, 6.07) is 6.14. The van der Waals surface area contributed by atoms with Gasteiger partial charge in [0, 0.05) is 45.8 Å². The highest BCUT2D eigenvalue weighted by Crippen LogP contribution is 2.17. The van der Waals surface area contributed by atoms with Gasteiger partial charge in [0.25, 0.3) is 0 Å². The molecule has 0 bridgehead atoms. The van der Waals surface area contributed by atoms with Gasteiger partial charge >= 0.3 is 6.03 Å². The molecule has 0 unspecified atom stereocenters. The van der Waals surface area contributed by atoms with E-state index in [2.05, 4.69) is 4.90 Å². The van der Waals surface area contributed by atoms with Crippen molar-refractivity contribution in [3.63, 3.8) is 0 Å². The average molecular weight is 335 g/mol. The number of benzene rings is 1. The molecule has 3 rings (SSSR count). The summed E-state index contributed by atoms with van der Waals surface area (Å²) in [5.74, 6) is -0.296. The van der Waals surface area contributed by atoms with Gasteiger partial charge in [-0.15, -0.1) is 0 Å². The number of amides is 2. The fraction of sp³-hybridized carbons (Fsp3) is 0.611. The lowest BCUT2D eigenvalue weighted by molar-refractivity contribution is 0.0712. The summed E-state index contributed by atoms with van der Waals surface area (Å²) in [7, 11) is 0. The van der Waals surface area contributed by atoms with Crippen molar-refractivity contribution >= 4 is 6.03 Å². The predicted molar refractivity (Wildman–Crippen MR) is 90.2 cm³/mol. The van der Waals surface area contributed by atoms with Crippen molar-refractivity contribution in [2.75, 3.05) is 45.8 Å². The molecule has 2 heterocycles. The van der Waals surface area contributed by atoms with Crippen LogP contribution in [0.25, 0.3) is 0 Å². The van der Waals surface area contributed by atoms with E-state index in [-0.39, 0.29) is 11.8 Å². The molecule has 132 valence electrons. The molecule has 0 aromatic heterocycles. The van der Waals surface area contributed by atoms with Crippen molar-refractivity contribution in [1.29, 1.82) is 0 Å². The fourth-order valence-corrected chi connectivity index (χ4v) is 3.44. The third-order valence-electron chi connectivity index (χ3n) is 4.96. The van der Waals surface area contributed by atoms with Crippen molar-refractivity contribution in [2.24, 2.45) is 0 Å². The lowest BCUT2D eigenvalue weighted by Crippen LogP contribution is -2.54. The maximum Gasteiger partial charge on any atom is 0.320 e. The van der Waals surface area contributed by atoms with Gasteiger partial charge in [0.1, 0.15) is 5.82 Å². The van der Waals surface area contributed by atoms with E-state index in [9.17, 15) is 14.3 Å². The first-order chi connectivity index (χ1) is 11.6. The van der Waals surface area contributed by atoms with E-state index in [1.165, 1.54) is 18.6 Å². The molecule has 0 aliphatic carbocycles. The highest BCUT2D eigenvalue weighted by molar-refractivity contribution is 5.74. The molecule has 2 amide bonds. The maximum absolute atomic E-state index is 12.9. The topological polar surface area (TPSA) is 47.0 Å². The number of β-amino-alcohol motifs (C(OH)–C–C–N with tert-alkyl or cyclic N) is 1. The van der Waals surface area contributed by atoms with Crippen LogP contribution in [0.3, 0.4) is 0 Å².